The van der Waals surface area contributed by atoms with Gasteiger partial charge in [-0.05, 0) is 26.7 Å². The van der Waals surface area contributed by atoms with Crippen molar-refractivity contribution >= 4 is 11.9 Å². The average Bonchev–Trinajstić information content (AvgIpc) is 2.34. The second kappa shape index (κ2) is 10.6. The van der Waals surface area contributed by atoms with Crippen molar-refractivity contribution < 1.29 is 19.1 Å². The van der Waals surface area contributed by atoms with Crippen LogP contribution >= 0.6 is 0 Å². The highest BCUT2D eigenvalue weighted by atomic mass is 16.6. The Morgan fingerprint density at radius 2 is 1.61 bits per heavy atom. The van der Waals surface area contributed by atoms with Crippen molar-refractivity contribution in [2.24, 2.45) is 5.92 Å². The molecule has 0 saturated carbocycles. The second-order valence-electron chi connectivity index (χ2n) is 3.86. The van der Waals surface area contributed by atoms with Gasteiger partial charge in [0.2, 0.25) is 0 Å². The lowest BCUT2D eigenvalue weighted by Gasteiger charge is -2.13. The van der Waals surface area contributed by atoms with Crippen LogP contribution in [0.5, 0.6) is 0 Å². The molecule has 0 aliphatic carbocycles. The van der Waals surface area contributed by atoms with Gasteiger partial charge < -0.3 is 9.47 Å². The van der Waals surface area contributed by atoms with Gasteiger partial charge in [0.05, 0.1) is 13.2 Å². The largest absolute Gasteiger partial charge is 0.465 e. The first kappa shape index (κ1) is 16.5. The number of carbonyl (C=O) groups is 2. The van der Waals surface area contributed by atoms with Gasteiger partial charge in [-0.15, -0.1) is 12.3 Å². The third kappa shape index (κ3) is 6.95. The van der Waals surface area contributed by atoms with Crippen molar-refractivity contribution in [1.29, 1.82) is 0 Å². The van der Waals surface area contributed by atoms with Crippen LogP contribution in [0.1, 0.15) is 46.0 Å². The van der Waals surface area contributed by atoms with Crippen molar-refractivity contribution in [3.05, 3.63) is 0 Å². The molecule has 0 aromatic heterocycles. The summed E-state index contributed by atoms with van der Waals surface area (Å²) in [5, 5.41) is 0. The van der Waals surface area contributed by atoms with Gasteiger partial charge in [-0.3, -0.25) is 9.59 Å². The van der Waals surface area contributed by atoms with Crippen LogP contribution in [0.15, 0.2) is 0 Å². The smallest absolute Gasteiger partial charge is 0.320 e. The molecule has 0 spiro atoms. The number of esters is 2. The van der Waals surface area contributed by atoms with Gasteiger partial charge in [0.1, 0.15) is 0 Å². The van der Waals surface area contributed by atoms with E-state index in [1.54, 1.807) is 13.8 Å². The lowest BCUT2D eigenvalue weighted by molar-refractivity contribution is -0.161. The highest BCUT2D eigenvalue weighted by Crippen LogP contribution is 2.14. The maximum Gasteiger partial charge on any atom is 0.320 e. The lowest BCUT2D eigenvalue weighted by atomic mass is 10.0. The minimum atomic E-state index is -0.796. The molecule has 4 nitrogen and oxygen atoms in total. The highest BCUT2D eigenvalue weighted by Gasteiger charge is 2.28. The molecule has 18 heavy (non-hydrogen) atoms. The zero-order valence-electron chi connectivity index (χ0n) is 11.2. The van der Waals surface area contributed by atoms with Gasteiger partial charge >= 0.3 is 11.9 Å². The SMILES string of the molecule is C#CCCCCCC(C(=O)OCC)C(=O)OCC. The summed E-state index contributed by atoms with van der Waals surface area (Å²) in [5.41, 5.74) is 0. The molecule has 102 valence electrons. The summed E-state index contributed by atoms with van der Waals surface area (Å²) in [5.74, 6) is 0.778. The number of hydrogen-bond donors (Lipinski definition) is 0. The number of hydrogen-bond acceptors (Lipinski definition) is 4. The molecule has 0 rings (SSSR count). The molecular weight excluding hydrogens is 232 g/mol. The van der Waals surface area contributed by atoms with Crippen LogP contribution in [0.25, 0.3) is 0 Å². The van der Waals surface area contributed by atoms with Crippen molar-refractivity contribution in [3.63, 3.8) is 0 Å². The van der Waals surface area contributed by atoms with E-state index in [0.717, 1.165) is 25.7 Å². The molecule has 0 atom stereocenters. The topological polar surface area (TPSA) is 52.6 Å². The zero-order valence-corrected chi connectivity index (χ0v) is 11.2. The minimum Gasteiger partial charge on any atom is -0.465 e. The molecule has 0 saturated heterocycles. The van der Waals surface area contributed by atoms with E-state index < -0.39 is 17.9 Å². The van der Waals surface area contributed by atoms with E-state index in [9.17, 15) is 9.59 Å². The summed E-state index contributed by atoms with van der Waals surface area (Å²) in [6.07, 6.45) is 8.92. The summed E-state index contributed by atoms with van der Waals surface area (Å²) in [4.78, 5) is 23.2. The van der Waals surface area contributed by atoms with E-state index in [4.69, 9.17) is 15.9 Å². The van der Waals surface area contributed by atoms with E-state index in [1.165, 1.54) is 0 Å². The van der Waals surface area contributed by atoms with Crippen LogP contribution in [0.4, 0.5) is 0 Å². The zero-order chi connectivity index (χ0) is 13.8. The standard InChI is InChI=1S/C14H22O4/c1-4-7-8-9-10-11-12(13(15)17-5-2)14(16)18-6-3/h1,12H,5-11H2,2-3H3. The van der Waals surface area contributed by atoms with Crippen molar-refractivity contribution in [2.75, 3.05) is 13.2 Å². The van der Waals surface area contributed by atoms with Gasteiger partial charge in [-0.2, -0.15) is 0 Å². The van der Waals surface area contributed by atoms with Gasteiger partial charge in [0.15, 0.2) is 5.92 Å². The second-order valence-corrected chi connectivity index (χ2v) is 3.86. The maximum absolute atomic E-state index is 11.6. The molecule has 0 amide bonds. The summed E-state index contributed by atoms with van der Waals surface area (Å²) in [6, 6.07) is 0. The Kier molecular flexibility index (Phi) is 9.75. The monoisotopic (exact) mass is 254 g/mol. The highest BCUT2D eigenvalue weighted by molar-refractivity contribution is 5.94. The Labute approximate surface area is 109 Å². The van der Waals surface area contributed by atoms with E-state index in [2.05, 4.69) is 5.92 Å². The summed E-state index contributed by atoms with van der Waals surface area (Å²) in [6.45, 7) is 3.97. The molecular formula is C14H22O4. The van der Waals surface area contributed by atoms with Gasteiger partial charge in [-0.25, -0.2) is 0 Å². The van der Waals surface area contributed by atoms with Crippen LogP contribution in [-0.2, 0) is 19.1 Å². The van der Waals surface area contributed by atoms with Gasteiger partial charge in [0, 0.05) is 6.42 Å². The molecule has 0 aromatic rings. The predicted molar refractivity (Wildman–Crippen MR) is 68.7 cm³/mol. The van der Waals surface area contributed by atoms with Crippen molar-refractivity contribution in [3.8, 4) is 12.3 Å². The molecule has 0 aliphatic heterocycles. The summed E-state index contributed by atoms with van der Waals surface area (Å²) in [7, 11) is 0. The number of ether oxygens (including phenoxy) is 2. The fourth-order valence-electron chi connectivity index (χ4n) is 1.57. The fraction of sp³-hybridized carbons (Fsp3) is 0.714. The van der Waals surface area contributed by atoms with Gasteiger partial charge in [-0.1, -0.05) is 12.8 Å². The molecule has 0 fully saturated rings. The quantitative estimate of drug-likeness (QED) is 0.274. The first-order valence-corrected chi connectivity index (χ1v) is 6.44. The molecule has 0 aromatic carbocycles. The number of unbranched alkanes of at least 4 members (excludes halogenated alkanes) is 3. The maximum atomic E-state index is 11.6. The van der Waals surface area contributed by atoms with E-state index >= 15 is 0 Å². The van der Waals surface area contributed by atoms with Gasteiger partial charge in [0.25, 0.3) is 0 Å². The van der Waals surface area contributed by atoms with E-state index in [-0.39, 0.29) is 13.2 Å². The molecule has 4 heteroatoms. The summed E-state index contributed by atoms with van der Waals surface area (Å²) >= 11 is 0. The van der Waals surface area contributed by atoms with Crippen LogP contribution in [0.3, 0.4) is 0 Å². The Morgan fingerprint density at radius 1 is 1.06 bits per heavy atom. The average molecular weight is 254 g/mol. The number of rotatable bonds is 9. The van der Waals surface area contributed by atoms with E-state index in [1.807, 2.05) is 0 Å². The van der Waals surface area contributed by atoms with Crippen molar-refractivity contribution in [1.82, 2.24) is 0 Å². The molecule has 0 aliphatic rings. The molecule has 0 radical (unpaired) electrons. The first-order chi connectivity index (χ1) is 8.67. The third-order valence-corrected chi connectivity index (χ3v) is 2.46. The van der Waals surface area contributed by atoms with Crippen LogP contribution in [-0.4, -0.2) is 25.2 Å². The van der Waals surface area contributed by atoms with Crippen LogP contribution < -0.4 is 0 Å². The number of carbonyl (C=O) groups excluding carboxylic acids is 2. The Balaban J connectivity index is 4.17. The number of terminal acetylenes is 1. The molecule has 0 heterocycles. The Bertz CT molecular complexity index is 273. The normalized spacial score (nSPS) is 9.89. The van der Waals surface area contributed by atoms with Crippen LogP contribution in [0, 0.1) is 18.3 Å². The summed E-state index contributed by atoms with van der Waals surface area (Å²) < 4.78 is 9.76. The lowest BCUT2D eigenvalue weighted by Crippen LogP contribution is -2.28. The predicted octanol–water partition coefficient (Wildman–Crippen LogP) is 2.31. The minimum absolute atomic E-state index is 0.270. The molecule has 0 unspecified atom stereocenters. The first-order valence-electron chi connectivity index (χ1n) is 6.44. The Morgan fingerprint density at radius 3 is 2.06 bits per heavy atom. The fourth-order valence-corrected chi connectivity index (χ4v) is 1.57. The Hall–Kier alpha value is -1.50. The molecule has 0 bridgehead atoms. The van der Waals surface area contributed by atoms with Crippen LogP contribution in [0.2, 0.25) is 0 Å². The van der Waals surface area contributed by atoms with Crippen molar-refractivity contribution in [2.45, 2.75) is 46.0 Å². The third-order valence-electron chi connectivity index (χ3n) is 2.46. The molecule has 0 N–H and O–H groups in total. The van der Waals surface area contributed by atoms with E-state index in [0.29, 0.717) is 6.42 Å².